The Hall–Kier alpha value is -1.39. The largest absolute Gasteiger partial charge is 0.386 e. The summed E-state index contributed by atoms with van der Waals surface area (Å²) >= 11 is 9.83. The minimum atomic E-state index is -0.926. The van der Waals surface area contributed by atoms with E-state index in [2.05, 4.69) is 42.5 Å². The lowest BCUT2D eigenvalue weighted by molar-refractivity contribution is 0.0792. The summed E-state index contributed by atoms with van der Waals surface area (Å²) in [6.07, 6.45) is 0. The predicted molar refractivity (Wildman–Crippen MR) is 107 cm³/mol. The third kappa shape index (κ3) is 3.34. The van der Waals surface area contributed by atoms with Crippen molar-refractivity contribution in [3.63, 3.8) is 0 Å². The summed E-state index contributed by atoms with van der Waals surface area (Å²) in [5.41, 5.74) is 2.01. The molecular weight excluding hydrogens is 368 g/mol. The fourth-order valence-corrected chi connectivity index (χ4v) is 5.41. The van der Waals surface area contributed by atoms with Gasteiger partial charge in [0.25, 0.3) is 0 Å². The normalized spacial score (nSPS) is 13.3. The first-order chi connectivity index (χ1) is 11.9. The number of aliphatic hydroxyl groups is 1. The standard InChI is InChI=1S/C21H17ClOS2/c1-21(2,23)16-9-8-14(22)12-15(16)13-7-10-19-20(11-13)25-18-6-4-3-5-17(18)24-19/h3-12,23H,1-2H3. The molecule has 0 atom stereocenters. The Labute approximate surface area is 161 Å². The van der Waals surface area contributed by atoms with E-state index in [9.17, 15) is 5.11 Å². The van der Waals surface area contributed by atoms with Crippen LogP contribution in [0.25, 0.3) is 11.1 Å². The lowest BCUT2D eigenvalue weighted by Gasteiger charge is -2.23. The topological polar surface area (TPSA) is 20.2 Å². The number of hydrogen-bond acceptors (Lipinski definition) is 3. The minimum Gasteiger partial charge on any atom is -0.386 e. The number of benzene rings is 3. The van der Waals surface area contributed by atoms with Crippen LogP contribution in [0.1, 0.15) is 19.4 Å². The summed E-state index contributed by atoms with van der Waals surface area (Å²) < 4.78 is 0. The van der Waals surface area contributed by atoms with Crippen molar-refractivity contribution in [1.29, 1.82) is 0 Å². The number of halogens is 1. The zero-order chi connectivity index (χ0) is 17.6. The van der Waals surface area contributed by atoms with Crippen molar-refractivity contribution >= 4 is 35.1 Å². The molecule has 0 spiro atoms. The second-order valence-corrected chi connectivity index (χ2v) is 9.17. The molecule has 0 aromatic heterocycles. The van der Waals surface area contributed by atoms with Crippen LogP contribution in [0.3, 0.4) is 0 Å². The van der Waals surface area contributed by atoms with Crippen LogP contribution < -0.4 is 0 Å². The lowest BCUT2D eigenvalue weighted by Crippen LogP contribution is -2.16. The Morgan fingerprint density at radius 2 is 1.44 bits per heavy atom. The smallest absolute Gasteiger partial charge is 0.0846 e. The molecule has 0 saturated carbocycles. The summed E-state index contributed by atoms with van der Waals surface area (Å²) in [6.45, 7) is 3.61. The van der Waals surface area contributed by atoms with Crippen LogP contribution in [0.2, 0.25) is 5.02 Å². The molecule has 1 N–H and O–H groups in total. The Morgan fingerprint density at radius 1 is 0.800 bits per heavy atom. The van der Waals surface area contributed by atoms with Crippen molar-refractivity contribution in [1.82, 2.24) is 0 Å². The molecule has 0 amide bonds. The Balaban J connectivity index is 1.81. The van der Waals surface area contributed by atoms with Crippen molar-refractivity contribution in [3.05, 3.63) is 71.2 Å². The van der Waals surface area contributed by atoms with E-state index in [0.717, 1.165) is 16.7 Å². The van der Waals surface area contributed by atoms with Crippen molar-refractivity contribution in [2.24, 2.45) is 0 Å². The van der Waals surface area contributed by atoms with Crippen LogP contribution in [0.5, 0.6) is 0 Å². The quantitative estimate of drug-likeness (QED) is 0.408. The van der Waals surface area contributed by atoms with E-state index < -0.39 is 5.60 Å². The zero-order valence-electron chi connectivity index (χ0n) is 13.9. The van der Waals surface area contributed by atoms with Gasteiger partial charge in [-0.3, -0.25) is 0 Å². The molecule has 1 aliphatic rings. The first kappa shape index (κ1) is 17.0. The number of rotatable bonds is 2. The molecule has 1 heterocycles. The number of hydrogen-bond donors (Lipinski definition) is 1. The second kappa shape index (κ2) is 6.40. The third-order valence-electron chi connectivity index (χ3n) is 4.18. The highest BCUT2D eigenvalue weighted by atomic mass is 35.5. The summed E-state index contributed by atoms with van der Waals surface area (Å²) in [7, 11) is 0. The average molecular weight is 385 g/mol. The maximum atomic E-state index is 10.5. The highest BCUT2D eigenvalue weighted by molar-refractivity contribution is 8.05. The molecular formula is C21H17ClOS2. The summed E-state index contributed by atoms with van der Waals surface area (Å²) in [5, 5.41) is 11.2. The van der Waals surface area contributed by atoms with Gasteiger partial charge < -0.3 is 5.11 Å². The molecule has 3 aromatic carbocycles. The van der Waals surface area contributed by atoms with E-state index in [1.807, 2.05) is 18.2 Å². The predicted octanol–water partition coefficient (Wildman–Crippen LogP) is 6.85. The molecule has 0 fully saturated rings. The molecule has 4 rings (SSSR count). The Morgan fingerprint density at radius 3 is 2.12 bits per heavy atom. The molecule has 1 aliphatic heterocycles. The van der Waals surface area contributed by atoms with Crippen molar-refractivity contribution in [3.8, 4) is 11.1 Å². The van der Waals surface area contributed by atoms with E-state index in [-0.39, 0.29) is 0 Å². The van der Waals surface area contributed by atoms with Gasteiger partial charge in [-0.25, -0.2) is 0 Å². The average Bonchev–Trinajstić information content (AvgIpc) is 2.58. The van der Waals surface area contributed by atoms with Gasteiger partial charge in [-0.15, -0.1) is 0 Å². The molecule has 1 nitrogen and oxygen atoms in total. The van der Waals surface area contributed by atoms with Gasteiger partial charge >= 0.3 is 0 Å². The minimum absolute atomic E-state index is 0.674. The van der Waals surface area contributed by atoms with Crippen LogP contribution in [-0.2, 0) is 5.60 Å². The van der Waals surface area contributed by atoms with E-state index >= 15 is 0 Å². The molecule has 25 heavy (non-hydrogen) atoms. The van der Waals surface area contributed by atoms with Gasteiger partial charge in [-0.05, 0) is 66.9 Å². The monoisotopic (exact) mass is 384 g/mol. The molecule has 126 valence electrons. The Kier molecular flexibility index (Phi) is 4.37. The van der Waals surface area contributed by atoms with Gasteiger partial charge in [-0.2, -0.15) is 0 Å². The van der Waals surface area contributed by atoms with Crippen LogP contribution in [-0.4, -0.2) is 5.11 Å². The van der Waals surface area contributed by atoms with Gasteiger partial charge in [-0.1, -0.05) is 59.4 Å². The van der Waals surface area contributed by atoms with Gasteiger partial charge in [0.05, 0.1) is 5.60 Å². The molecule has 4 heteroatoms. The molecule has 0 radical (unpaired) electrons. The van der Waals surface area contributed by atoms with Crippen molar-refractivity contribution in [2.75, 3.05) is 0 Å². The van der Waals surface area contributed by atoms with Crippen LogP contribution in [0, 0.1) is 0 Å². The second-order valence-electron chi connectivity index (χ2n) is 6.56. The fraction of sp³-hybridized carbons (Fsp3) is 0.143. The molecule has 0 unspecified atom stereocenters. The maximum absolute atomic E-state index is 10.5. The van der Waals surface area contributed by atoms with Crippen LogP contribution in [0.4, 0.5) is 0 Å². The highest BCUT2D eigenvalue weighted by Crippen LogP contribution is 2.49. The molecule has 0 bridgehead atoms. The van der Waals surface area contributed by atoms with Crippen LogP contribution >= 0.6 is 35.1 Å². The zero-order valence-corrected chi connectivity index (χ0v) is 16.3. The summed E-state index contributed by atoms with van der Waals surface area (Å²) in [6, 6.07) is 20.6. The van der Waals surface area contributed by atoms with Crippen LogP contribution in [0.15, 0.2) is 80.2 Å². The van der Waals surface area contributed by atoms with E-state index in [1.54, 1.807) is 37.4 Å². The molecule has 0 aliphatic carbocycles. The van der Waals surface area contributed by atoms with E-state index in [1.165, 1.54) is 19.6 Å². The van der Waals surface area contributed by atoms with Gasteiger partial charge in [0.15, 0.2) is 0 Å². The first-order valence-electron chi connectivity index (χ1n) is 8.03. The number of fused-ring (bicyclic) bond motifs is 2. The van der Waals surface area contributed by atoms with Gasteiger partial charge in [0, 0.05) is 24.6 Å². The highest BCUT2D eigenvalue weighted by Gasteiger charge is 2.23. The first-order valence-corrected chi connectivity index (χ1v) is 10.0. The van der Waals surface area contributed by atoms with Crippen molar-refractivity contribution in [2.45, 2.75) is 39.0 Å². The van der Waals surface area contributed by atoms with E-state index in [0.29, 0.717) is 5.02 Å². The molecule has 0 saturated heterocycles. The maximum Gasteiger partial charge on any atom is 0.0846 e. The van der Waals surface area contributed by atoms with Gasteiger partial charge in [0.2, 0.25) is 0 Å². The summed E-state index contributed by atoms with van der Waals surface area (Å²) in [5.74, 6) is 0. The van der Waals surface area contributed by atoms with E-state index in [4.69, 9.17) is 11.6 Å². The lowest BCUT2D eigenvalue weighted by atomic mass is 9.89. The van der Waals surface area contributed by atoms with Gasteiger partial charge in [0.1, 0.15) is 0 Å². The summed E-state index contributed by atoms with van der Waals surface area (Å²) in [4.78, 5) is 5.08. The fourth-order valence-electron chi connectivity index (χ4n) is 2.98. The van der Waals surface area contributed by atoms with Crippen molar-refractivity contribution < 1.29 is 5.11 Å². The SMILES string of the molecule is CC(C)(O)c1ccc(Cl)cc1-c1ccc2c(c1)Sc1ccccc1S2. The molecule has 3 aromatic rings. The Bertz CT molecular complexity index is 960. The third-order valence-corrected chi connectivity index (χ3v) is 6.96.